The zero-order valence-electron chi connectivity index (χ0n) is 9.32. The zero-order valence-corrected chi connectivity index (χ0v) is 9.32. The van der Waals surface area contributed by atoms with Crippen molar-refractivity contribution in [2.24, 2.45) is 0 Å². The van der Waals surface area contributed by atoms with Crippen molar-refractivity contribution in [1.29, 1.82) is 0 Å². The molecule has 2 saturated heterocycles. The van der Waals surface area contributed by atoms with E-state index in [-0.39, 0.29) is 0 Å². The lowest BCUT2D eigenvalue weighted by molar-refractivity contribution is -0.127. The van der Waals surface area contributed by atoms with E-state index in [0.717, 1.165) is 32.5 Å². The van der Waals surface area contributed by atoms with Gasteiger partial charge in [-0.05, 0) is 32.4 Å². The molecule has 0 aromatic carbocycles. The van der Waals surface area contributed by atoms with Crippen molar-refractivity contribution in [3.63, 3.8) is 0 Å². The van der Waals surface area contributed by atoms with Crippen molar-refractivity contribution in [2.45, 2.75) is 25.7 Å². The quantitative estimate of drug-likeness (QED) is 0.649. The van der Waals surface area contributed by atoms with Crippen LogP contribution in [0.5, 0.6) is 0 Å². The molecule has 2 heterocycles. The molecular weight excluding hydrogens is 188 g/mol. The molecule has 2 fully saturated rings. The normalized spacial score (nSPS) is 23.5. The molecule has 0 N–H and O–H groups in total. The summed E-state index contributed by atoms with van der Waals surface area (Å²) in [5, 5.41) is 0. The molecule has 3 heteroatoms. The lowest BCUT2D eigenvalue weighted by atomic mass is 10.4. The summed E-state index contributed by atoms with van der Waals surface area (Å²) in [5.74, 6) is 0.320. The van der Waals surface area contributed by atoms with Crippen LogP contribution in [-0.4, -0.2) is 48.4 Å². The Morgan fingerprint density at radius 3 is 2.40 bits per heavy atom. The van der Waals surface area contributed by atoms with Gasteiger partial charge in [-0.2, -0.15) is 0 Å². The first-order valence-corrected chi connectivity index (χ1v) is 6.01. The Hall–Kier alpha value is -0.830. The van der Waals surface area contributed by atoms with Crippen molar-refractivity contribution < 1.29 is 4.79 Å². The van der Waals surface area contributed by atoms with E-state index < -0.39 is 0 Å². The molecule has 0 spiro atoms. The van der Waals surface area contributed by atoms with Crippen LogP contribution in [0.1, 0.15) is 25.7 Å². The number of amides is 1. The fourth-order valence-electron chi connectivity index (χ4n) is 2.29. The number of nitrogens with zero attached hydrogens (tertiary/aromatic N) is 2. The van der Waals surface area contributed by atoms with Gasteiger partial charge in [-0.15, -0.1) is 0 Å². The number of rotatable bonds is 4. The maximum atomic E-state index is 11.3. The second kappa shape index (κ2) is 5.31. The first-order chi connectivity index (χ1) is 7.36. The molecule has 84 valence electrons. The third-order valence-corrected chi connectivity index (χ3v) is 3.23. The Labute approximate surface area is 91.7 Å². The first-order valence-electron chi connectivity index (χ1n) is 6.01. The summed E-state index contributed by atoms with van der Waals surface area (Å²) in [6, 6.07) is 0. The van der Waals surface area contributed by atoms with Crippen LogP contribution in [-0.2, 0) is 4.79 Å². The highest BCUT2D eigenvalue weighted by molar-refractivity contribution is 5.78. The van der Waals surface area contributed by atoms with Gasteiger partial charge in [0.05, 0.1) is 0 Å². The Balaban J connectivity index is 1.63. The van der Waals surface area contributed by atoms with Gasteiger partial charge in [-0.1, -0.05) is 12.2 Å². The average Bonchev–Trinajstić information content (AvgIpc) is 2.85. The van der Waals surface area contributed by atoms with Crippen molar-refractivity contribution >= 4 is 5.91 Å². The Kier molecular flexibility index (Phi) is 3.78. The van der Waals surface area contributed by atoms with Gasteiger partial charge in [0, 0.05) is 26.1 Å². The fraction of sp³-hybridized carbons (Fsp3) is 0.750. The second-order valence-electron chi connectivity index (χ2n) is 4.42. The minimum absolute atomic E-state index is 0.320. The van der Waals surface area contributed by atoms with Crippen LogP contribution in [0.4, 0.5) is 0 Å². The highest BCUT2D eigenvalue weighted by Gasteiger charge is 2.18. The molecule has 2 rings (SSSR count). The Morgan fingerprint density at radius 2 is 1.73 bits per heavy atom. The minimum Gasteiger partial charge on any atom is -0.339 e. The molecule has 2 aliphatic rings. The summed E-state index contributed by atoms with van der Waals surface area (Å²) in [4.78, 5) is 15.7. The van der Waals surface area contributed by atoms with Crippen LogP contribution in [0.2, 0.25) is 0 Å². The molecule has 0 radical (unpaired) electrons. The second-order valence-corrected chi connectivity index (χ2v) is 4.42. The highest BCUT2D eigenvalue weighted by Crippen LogP contribution is 2.09. The standard InChI is InChI=1S/C12H20N2O/c15-12-6-5-11-14(12)10-4-3-9-13-7-1-2-8-13/h3-4H,1-2,5-11H2/b4-3-. The van der Waals surface area contributed by atoms with Gasteiger partial charge in [0.1, 0.15) is 0 Å². The van der Waals surface area contributed by atoms with E-state index in [0.29, 0.717) is 5.91 Å². The minimum atomic E-state index is 0.320. The summed E-state index contributed by atoms with van der Waals surface area (Å²) in [7, 11) is 0. The maximum absolute atomic E-state index is 11.3. The summed E-state index contributed by atoms with van der Waals surface area (Å²) in [6.07, 6.45) is 8.83. The topological polar surface area (TPSA) is 23.6 Å². The van der Waals surface area contributed by atoms with Gasteiger partial charge in [-0.25, -0.2) is 0 Å². The Morgan fingerprint density at radius 1 is 1.00 bits per heavy atom. The van der Waals surface area contributed by atoms with E-state index >= 15 is 0 Å². The predicted molar refractivity (Wildman–Crippen MR) is 60.6 cm³/mol. The summed E-state index contributed by atoms with van der Waals surface area (Å²) < 4.78 is 0. The number of hydrogen-bond acceptors (Lipinski definition) is 2. The average molecular weight is 208 g/mol. The molecule has 0 aliphatic carbocycles. The van der Waals surface area contributed by atoms with E-state index in [4.69, 9.17) is 0 Å². The van der Waals surface area contributed by atoms with Gasteiger partial charge >= 0.3 is 0 Å². The van der Waals surface area contributed by atoms with Crippen molar-refractivity contribution in [2.75, 3.05) is 32.7 Å². The van der Waals surface area contributed by atoms with E-state index in [2.05, 4.69) is 17.1 Å². The Bertz CT molecular complexity index is 244. The molecule has 0 unspecified atom stereocenters. The molecule has 0 aromatic heterocycles. The number of hydrogen-bond donors (Lipinski definition) is 0. The largest absolute Gasteiger partial charge is 0.339 e. The summed E-state index contributed by atoms with van der Waals surface area (Å²) >= 11 is 0. The zero-order chi connectivity index (χ0) is 10.5. The van der Waals surface area contributed by atoms with Crippen LogP contribution in [0, 0.1) is 0 Å². The van der Waals surface area contributed by atoms with E-state index in [1.165, 1.54) is 25.9 Å². The highest BCUT2D eigenvalue weighted by atomic mass is 16.2. The van der Waals surface area contributed by atoms with Crippen LogP contribution in [0.25, 0.3) is 0 Å². The van der Waals surface area contributed by atoms with Crippen molar-refractivity contribution in [3.05, 3.63) is 12.2 Å². The first kappa shape index (κ1) is 10.7. The van der Waals surface area contributed by atoms with Crippen molar-refractivity contribution in [1.82, 2.24) is 9.80 Å². The van der Waals surface area contributed by atoms with E-state index in [9.17, 15) is 4.79 Å². The third-order valence-electron chi connectivity index (χ3n) is 3.23. The van der Waals surface area contributed by atoms with Crippen LogP contribution in [0.15, 0.2) is 12.2 Å². The number of carbonyl (C=O) groups excluding carboxylic acids is 1. The van der Waals surface area contributed by atoms with Crippen LogP contribution < -0.4 is 0 Å². The number of carbonyl (C=O) groups is 1. The number of likely N-dealkylation sites (tertiary alicyclic amines) is 2. The summed E-state index contributed by atoms with van der Waals surface area (Å²) in [6.45, 7) is 5.31. The lowest BCUT2D eigenvalue weighted by Gasteiger charge is -2.13. The molecule has 0 saturated carbocycles. The molecule has 3 nitrogen and oxygen atoms in total. The van der Waals surface area contributed by atoms with Gasteiger partial charge < -0.3 is 4.90 Å². The van der Waals surface area contributed by atoms with Crippen LogP contribution in [0.3, 0.4) is 0 Å². The predicted octanol–water partition coefficient (Wildman–Crippen LogP) is 1.26. The third kappa shape index (κ3) is 3.06. The molecule has 0 atom stereocenters. The smallest absolute Gasteiger partial charge is 0.222 e. The molecule has 2 aliphatic heterocycles. The van der Waals surface area contributed by atoms with Gasteiger partial charge in [-0.3, -0.25) is 9.69 Å². The van der Waals surface area contributed by atoms with Gasteiger partial charge in [0.2, 0.25) is 5.91 Å². The summed E-state index contributed by atoms with van der Waals surface area (Å²) in [5.41, 5.74) is 0. The maximum Gasteiger partial charge on any atom is 0.222 e. The van der Waals surface area contributed by atoms with Gasteiger partial charge in [0.25, 0.3) is 0 Å². The van der Waals surface area contributed by atoms with Crippen molar-refractivity contribution in [3.8, 4) is 0 Å². The monoisotopic (exact) mass is 208 g/mol. The lowest BCUT2D eigenvalue weighted by Crippen LogP contribution is -2.25. The van der Waals surface area contributed by atoms with Gasteiger partial charge in [0.15, 0.2) is 0 Å². The van der Waals surface area contributed by atoms with E-state index in [1.807, 2.05) is 4.90 Å². The molecular formula is C12H20N2O. The molecule has 0 aromatic rings. The fourth-order valence-corrected chi connectivity index (χ4v) is 2.29. The van der Waals surface area contributed by atoms with E-state index in [1.54, 1.807) is 0 Å². The SMILES string of the molecule is O=C1CCCN1C/C=C\CN1CCCC1. The van der Waals surface area contributed by atoms with Crippen LogP contribution >= 0.6 is 0 Å². The molecule has 15 heavy (non-hydrogen) atoms. The molecule has 0 bridgehead atoms. The molecule has 1 amide bonds.